The molecule has 0 spiro atoms. The number of rotatable bonds is 5. The molecular formula is C15H23NO3S. The van der Waals surface area contributed by atoms with Crippen molar-refractivity contribution in [3.8, 4) is 0 Å². The standard InChI is InChI=1S/C15H23NO3S/c1-2-20(18,19)15-10-6-5-9-14(15)16-13-8-4-3-7-12(13)11-17/h5-6,9-10,12-13,16-17H,2-4,7-8,11H2,1H3. The van der Waals surface area contributed by atoms with Crippen LogP contribution in [0.5, 0.6) is 0 Å². The van der Waals surface area contributed by atoms with Crippen LogP contribution in [0.3, 0.4) is 0 Å². The van der Waals surface area contributed by atoms with E-state index in [9.17, 15) is 13.5 Å². The van der Waals surface area contributed by atoms with Crippen LogP contribution in [-0.2, 0) is 9.84 Å². The van der Waals surface area contributed by atoms with Gasteiger partial charge in [0, 0.05) is 18.6 Å². The Morgan fingerprint density at radius 2 is 1.95 bits per heavy atom. The molecule has 0 saturated heterocycles. The summed E-state index contributed by atoms with van der Waals surface area (Å²) < 4.78 is 24.3. The second-order valence-electron chi connectivity index (χ2n) is 5.38. The third-order valence-corrected chi connectivity index (χ3v) is 5.87. The van der Waals surface area contributed by atoms with Gasteiger partial charge >= 0.3 is 0 Å². The smallest absolute Gasteiger partial charge is 0.180 e. The fraction of sp³-hybridized carbons (Fsp3) is 0.600. The van der Waals surface area contributed by atoms with Gasteiger partial charge in [-0.15, -0.1) is 0 Å². The molecule has 1 aromatic carbocycles. The normalized spacial score (nSPS) is 23.5. The average molecular weight is 297 g/mol. The van der Waals surface area contributed by atoms with E-state index in [4.69, 9.17) is 0 Å². The summed E-state index contributed by atoms with van der Waals surface area (Å²) in [5.74, 6) is 0.306. The van der Waals surface area contributed by atoms with Crippen LogP contribution in [0.1, 0.15) is 32.6 Å². The summed E-state index contributed by atoms with van der Waals surface area (Å²) >= 11 is 0. The number of nitrogens with one attached hydrogen (secondary N) is 1. The van der Waals surface area contributed by atoms with Crippen LogP contribution in [0.4, 0.5) is 5.69 Å². The Morgan fingerprint density at radius 3 is 2.65 bits per heavy atom. The highest BCUT2D eigenvalue weighted by Gasteiger charge is 2.26. The quantitative estimate of drug-likeness (QED) is 0.876. The summed E-state index contributed by atoms with van der Waals surface area (Å²) in [7, 11) is -3.23. The van der Waals surface area contributed by atoms with E-state index in [0.29, 0.717) is 10.6 Å². The van der Waals surface area contributed by atoms with Gasteiger partial charge < -0.3 is 10.4 Å². The molecule has 0 amide bonds. The first kappa shape index (κ1) is 15.3. The molecule has 1 fully saturated rings. The molecule has 0 radical (unpaired) electrons. The van der Waals surface area contributed by atoms with Gasteiger partial charge in [0.25, 0.3) is 0 Å². The molecule has 1 aliphatic rings. The zero-order chi connectivity index (χ0) is 14.6. The molecule has 2 N–H and O–H groups in total. The number of aliphatic hydroxyl groups excluding tert-OH is 1. The van der Waals surface area contributed by atoms with Crippen molar-refractivity contribution in [1.82, 2.24) is 0 Å². The third-order valence-electron chi connectivity index (χ3n) is 4.09. The Hall–Kier alpha value is -1.07. The molecule has 0 aromatic heterocycles. The molecule has 0 bridgehead atoms. The van der Waals surface area contributed by atoms with Gasteiger partial charge in [0.2, 0.25) is 0 Å². The van der Waals surface area contributed by atoms with Crippen LogP contribution >= 0.6 is 0 Å². The first-order valence-electron chi connectivity index (χ1n) is 7.27. The van der Waals surface area contributed by atoms with E-state index < -0.39 is 9.84 Å². The van der Waals surface area contributed by atoms with E-state index >= 15 is 0 Å². The predicted molar refractivity (Wildman–Crippen MR) is 80.6 cm³/mol. The van der Waals surface area contributed by atoms with Crippen molar-refractivity contribution < 1.29 is 13.5 Å². The second kappa shape index (κ2) is 6.59. The van der Waals surface area contributed by atoms with Gasteiger partial charge in [-0.3, -0.25) is 0 Å². The minimum absolute atomic E-state index is 0.0970. The number of anilines is 1. The molecule has 4 nitrogen and oxygen atoms in total. The molecule has 2 rings (SSSR count). The molecular weight excluding hydrogens is 274 g/mol. The fourth-order valence-electron chi connectivity index (χ4n) is 2.83. The topological polar surface area (TPSA) is 66.4 Å². The van der Waals surface area contributed by atoms with Crippen molar-refractivity contribution in [2.45, 2.75) is 43.5 Å². The van der Waals surface area contributed by atoms with Gasteiger partial charge in [-0.25, -0.2) is 8.42 Å². The first-order chi connectivity index (χ1) is 9.58. The second-order valence-corrected chi connectivity index (χ2v) is 7.62. The summed E-state index contributed by atoms with van der Waals surface area (Å²) in [4.78, 5) is 0.366. The van der Waals surface area contributed by atoms with Crippen LogP contribution in [0.15, 0.2) is 29.2 Å². The molecule has 20 heavy (non-hydrogen) atoms. The van der Waals surface area contributed by atoms with Gasteiger partial charge in [-0.2, -0.15) is 0 Å². The summed E-state index contributed by atoms with van der Waals surface area (Å²) in [5, 5.41) is 12.8. The maximum atomic E-state index is 12.1. The van der Waals surface area contributed by atoms with E-state index in [1.54, 1.807) is 19.1 Å². The highest BCUT2D eigenvalue weighted by atomic mass is 32.2. The van der Waals surface area contributed by atoms with Crippen molar-refractivity contribution in [1.29, 1.82) is 0 Å². The molecule has 1 aliphatic carbocycles. The number of aliphatic hydroxyl groups is 1. The van der Waals surface area contributed by atoms with E-state index in [2.05, 4.69) is 5.32 Å². The Kier molecular flexibility index (Phi) is 5.05. The SMILES string of the molecule is CCS(=O)(=O)c1ccccc1NC1CCCCC1CO. The third kappa shape index (κ3) is 3.33. The monoisotopic (exact) mass is 297 g/mol. The van der Waals surface area contributed by atoms with E-state index in [1.807, 2.05) is 12.1 Å². The lowest BCUT2D eigenvalue weighted by molar-refractivity contribution is 0.178. The Bertz CT molecular complexity index is 542. The molecule has 0 aliphatic heterocycles. The van der Waals surface area contributed by atoms with E-state index in [-0.39, 0.29) is 24.3 Å². The number of hydrogen-bond acceptors (Lipinski definition) is 4. The average Bonchev–Trinajstić information content (AvgIpc) is 2.48. The van der Waals surface area contributed by atoms with Crippen LogP contribution < -0.4 is 5.32 Å². The Morgan fingerprint density at radius 1 is 1.25 bits per heavy atom. The lowest BCUT2D eigenvalue weighted by atomic mass is 9.85. The van der Waals surface area contributed by atoms with Crippen molar-refractivity contribution in [2.75, 3.05) is 17.7 Å². The summed E-state index contributed by atoms with van der Waals surface area (Å²) in [6.07, 6.45) is 4.23. The largest absolute Gasteiger partial charge is 0.396 e. The maximum Gasteiger partial charge on any atom is 0.180 e. The molecule has 2 atom stereocenters. The summed E-state index contributed by atoms with van der Waals surface area (Å²) in [6, 6.07) is 7.21. The Balaban J connectivity index is 2.25. The summed E-state index contributed by atoms with van der Waals surface area (Å²) in [5.41, 5.74) is 0.666. The minimum Gasteiger partial charge on any atom is -0.396 e. The van der Waals surface area contributed by atoms with E-state index in [1.165, 1.54) is 0 Å². The maximum absolute atomic E-state index is 12.1. The highest BCUT2D eigenvalue weighted by molar-refractivity contribution is 7.91. The van der Waals surface area contributed by atoms with E-state index in [0.717, 1.165) is 25.7 Å². The minimum atomic E-state index is -3.23. The van der Waals surface area contributed by atoms with Gasteiger partial charge in [0.15, 0.2) is 9.84 Å². The van der Waals surface area contributed by atoms with Crippen molar-refractivity contribution in [3.05, 3.63) is 24.3 Å². The van der Waals surface area contributed by atoms with Crippen LogP contribution in [-0.4, -0.2) is 31.9 Å². The zero-order valence-corrected chi connectivity index (χ0v) is 12.7. The molecule has 0 heterocycles. The lowest BCUT2D eigenvalue weighted by Crippen LogP contribution is -2.34. The summed E-state index contributed by atoms with van der Waals surface area (Å²) in [6.45, 7) is 1.81. The lowest BCUT2D eigenvalue weighted by Gasteiger charge is -2.32. The van der Waals surface area contributed by atoms with Crippen LogP contribution in [0, 0.1) is 5.92 Å². The van der Waals surface area contributed by atoms with Crippen molar-refractivity contribution >= 4 is 15.5 Å². The number of hydrogen-bond donors (Lipinski definition) is 2. The van der Waals surface area contributed by atoms with Crippen molar-refractivity contribution in [3.63, 3.8) is 0 Å². The highest BCUT2D eigenvalue weighted by Crippen LogP contribution is 2.30. The molecule has 5 heteroatoms. The van der Waals surface area contributed by atoms with Crippen molar-refractivity contribution in [2.24, 2.45) is 5.92 Å². The van der Waals surface area contributed by atoms with Gasteiger partial charge in [-0.05, 0) is 25.0 Å². The predicted octanol–water partition coefficient (Wildman–Crippen LogP) is 2.44. The number of benzene rings is 1. The van der Waals surface area contributed by atoms with Crippen LogP contribution in [0.2, 0.25) is 0 Å². The first-order valence-corrected chi connectivity index (χ1v) is 8.93. The van der Waals surface area contributed by atoms with Gasteiger partial charge in [0.1, 0.15) is 0 Å². The van der Waals surface area contributed by atoms with Gasteiger partial charge in [0.05, 0.1) is 16.3 Å². The van der Waals surface area contributed by atoms with Crippen LogP contribution in [0.25, 0.3) is 0 Å². The fourth-order valence-corrected chi connectivity index (χ4v) is 3.89. The zero-order valence-electron chi connectivity index (χ0n) is 11.9. The number of para-hydroxylation sites is 1. The molecule has 112 valence electrons. The Labute approximate surface area is 121 Å². The number of sulfone groups is 1. The van der Waals surface area contributed by atoms with Gasteiger partial charge in [-0.1, -0.05) is 31.9 Å². The molecule has 2 unspecified atom stereocenters. The molecule has 1 saturated carbocycles. The molecule has 1 aromatic rings.